The maximum atomic E-state index is 13.2. The van der Waals surface area contributed by atoms with Gasteiger partial charge in [0.2, 0.25) is 5.91 Å². The van der Waals surface area contributed by atoms with Crippen LogP contribution >= 0.6 is 11.8 Å². The number of amides is 1. The summed E-state index contributed by atoms with van der Waals surface area (Å²) in [5.41, 5.74) is 2.82. The molecule has 0 spiro atoms. The van der Waals surface area contributed by atoms with Crippen LogP contribution in [-0.4, -0.2) is 40.7 Å². The van der Waals surface area contributed by atoms with Gasteiger partial charge in [-0.3, -0.25) is 9.69 Å². The second-order valence-electron chi connectivity index (χ2n) is 8.14. The van der Waals surface area contributed by atoms with Gasteiger partial charge in [0, 0.05) is 28.8 Å². The third-order valence-corrected chi connectivity index (χ3v) is 6.87. The summed E-state index contributed by atoms with van der Waals surface area (Å²) in [6.45, 7) is 4.90. The van der Waals surface area contributed by atoms with Crippen molar-refractivity contribution in [2.45, 2.75) is 61.4 Å². The summed E-state index contributed by atoms with van der Waals surface area (Å²) >= 11 is 1.76. The number of fused-ring (bicyclic) bond motifs is 1. The minimum atomic E-state index is -0.213. The molecular formula is C23H27FN2OS. The molecule has 148 valence electrons. The fourth-order valence-corrected chi connectivity index (χ4v) is 5.63. The molecule has 2 atom stereocenters. The number of thioether (sulfide) groups is 1. The molecule has 0 radical (unpaired) electrons. The van der Waals surface area contributed by atoms with Crippen molar-refractivity contribution < 1.29 is 9.18 Å². The van der Waals surface area contributed by atoms with Gasteiger partial charge in [-0.15, -0.1) is 11.8 Å². The lowest BCUT2D eigenvalue weighted by Crippen LogP contribution is -2.49. The van der Waals surface area contributed by atoms with Crippen molar-refractivity contribution in [2.24, 2.45) is 0 Å². The van der Waals surface area contributed by atoms with Gasteiger partial charge in [0.05, 0.1) is 6.04 Å². The summed E-state index contributed by atoms with van der Waals surface area (Å²) in [7, 11) is 0. The van der Waals surface area contributed by atoms with Crippen LogP contribution in [-0.2, 0) is 17.6 Å². The van der Waals surface area contributed by atoms with E-state index in [9.17, 15) is 9.18 Å². The molecular weight excluding hydrogens is 371 g/mol. The summed E-state index contributed by atoms with van der Waals surface area (Å²) in [4.78, 5) is 16.4. The molecule has 1 aliphatic carbocycles. The van der Waals surface area contributed by atoms with Gasteiger partial charge in [-0.2, -0.15) is 0 Å². The molecule has 1 fully saturated rings. The Labute approximate surface area is 170 Å². The standard InChI is InChI=1S/C23H27FN2OS/c1-15(2)25-23(27)22-13-21(28-20-9-7-18(24)8-10-20)14-26(22)19-11-16-5-3-4-6-17(16)12-19/h3-10,15,19,21-22H,11-14H2,1-2H3,(H,25,27)/t21-,22+/m1/s1. The van der Waals surface area contributed by atoms with Gasteiger partial charge < -0.3 is 5.32 Å². The first kappa shape index (κ1) is 19.5. The molecule has 4 rings (SSSR count). The lowest BCUT2D eigenvalue weighted by atomic mass is 10.1. The van der Waals surface area contributed by atoms with Crippen LogP contribution in [0.25, 0.3) is 0 Å². The van der Waals surface area contributed by atoms with E-state index < -0.39 is 0 Å². The monoisotopic (exact) mass is 398 g/mol. The molecule has 1 aliphatic heterocycles. The number of nitrogens with zero attached hydrogens (tertiary/aromatic N) is 1. The van der Waals surface area contributed by atoms with E-state index in [1.165, 1.54) is 23.3 Å². The second kappa shape index (κ2) is 8.26. The van der Waals surface area contributed by atoms with Gasteiger partial charge in [0.1, 0.15) is 5.82 Å². The molecule has 0 saturated carbocycles. The zero-order valence-electron chi connectivity index (χ0n) is 16.4. The van der Waals surface area contributed by atoms with Crippen LogP contribution in [0.2, 0.25) is 0 Å². The molecule has 0 aromatic heterocycles. The number of halogens is 1. The zero-order valence-corrected chi connectivity index (χ0v) is 17.2. The second-order valence-corrected chi connectivity index (χ2v) is 9.51. The van der Waals surface area contributed by atoms with Crippen molar-refractivity contribution in [1.29, 1.82) is 0 Å². The lowest BCUT2D eigenvalue weighted by Gasteiger charge is -2.30. The highest BCUT2D eigenvalue weighted by Crippen LogP contribution is 2.37. The first-order valence-corrected chi connectivity index (χ1v) is 10.9. The zero-order chi connectivity index (χ0) is 19.7. The Bertz CT molecular complexity index is 814. The van der Waals surface area contributed by atoms with E-state index in [0.29, 0.717) is 11.3 Å². The summed E-state index contributed by atoms with van der Waals surface area (Å²) in [5, 5.41) is 3.44. The smallest absolute Gasteiger partial charge is 0.237 e. The number of rotatable bonds is 5. The number of hydrogen-bond donors (Lipinski definition) is 1. The van der Waals surface area contributed by atoms with E-state index >= 15 is 0 Å². The first-order valence-electron chi connectivity index (χ1n) is 10.0. The first-order chi connectivity index (χ1) is 13.5. The number of nitrogens with one attached hydrogen (secondary N) is 1. The minimum Gasteiger partial charge on any atom is -0.353 e. The number of likely N-dealkylation sites (tertiary alicyclic amines) is 1. The Hall–Kier alpha value is -1.85. The number of hydrogen-bond acceptors (Lipinski definition) is 3. The molecule has 28 heavy (non-hydrogen) atoms. The summed E-state index contributed by atoms with van der Waals surface area (Å²) in [6.07, 6.45) is 2.85. The predicted molar refractivity (Wildman–Crippen MR) is 112 cm³/mol. The van der Waals surface area contributed by atoms with Crippen molar-refractivity contribution in [1.82, 2.24) is 10.2 Å². The lowest BCUT2D eigenvalue weighted by molar-refractivity contribution is -0.126. The maximum Gasteiger partial charge on any atom is 0.237 e. The molecule has 2 aromatic rings. The molecule has 2 aliphatic rings. The van der Waals surface area contributed by atoms with Crippen molar-refractivity contribution in [3.05, 3.63) is 65.5 Å². The highest BCUT2D eigenvalue weighted by molar-refractivity contribution is 8.00. The van der Waals surface area contributed by atoms with E-state index in [4.69, 9.17) is 0 Å². The van der Waals surface area contributed by atoms with Crippen LogP contribution in [0.3, 0.4) is 0 Å². The van der Waals surface area contributed by atoms with E-state index in [1.54, 1.807) is 11.8 Å². The van der Waals surface area contributed by atoms with E-state index in [-0.39, 0.29) is 23.8 Å². The summed E-state index contributed by atoms with van der Waals surface area (Å²) in [6, 6.07) is 15.7. The number of carbonyl (C=O) groups excluding carboxylic acids is 1. The van der Waals surface area contributed by atoms with Gasteiger partial charge in [-0.05, 0) is 68.5 Å². The topological polar surface area (TPSA) is 32.3 Å². The fraction of sp³-hybridized carbons (Fsp3) is 0.435. The van der Waals surface area contributed by atoms with Gasteiger partial charge in [-0.1, -0.05) is 24.3 Å². The molecule has 2 aromatic carbocycles. The normalized spacial score (nSPS) is 22.6. The van der Waals surface area contributed by atoms with Gasteiger partial charge >= 0.3 is 0 Å². The maximum absolute atomic E-state index is 13.2. The molecule has 1 saturated heterocycles. The molecule has 1 heterocycles. The van der Waals surface area contributed by atoms with Crippen molar-refractivity contribution in [3.8, 4) is 0 Å². The Kier molecular flexibility index (Phi) is 5.74. The summed E-state index contributed by atoms with van der Waals surface area (Å²) < 4.78 is 13.2. The molecule has 1 amide bonds. The van der Waals surface area contributed by atoms with Crippen molar-refractivity contribution in [3.63, 3.8) is 0 Å². The van der Waals surface area contributed by atoms with Crippen LogP contribution in [0.15, 0.2) is 53.4 Å². The largest absolute Gasteiger partial charge is 0.353 e. The Morgan fingerprint density at radius 1 is 1.11 bits per heavy atom. The van der Waals surface area contributed by atoms with Crippen molar-refractivity contribution >= 4 is 17.7 Å². The third-order valence-electron chi connectivity index (χ3n) is 5.65. The molecule has 5 heteroatoms. The minimum absolute atomic E-state index is 0.0975. The molecule has 1 N–H and O–H groups in total. The van der Waals surface area contributed by atoms with Gasteiger partial charge in [-0.25, -0.2) is 4.39 Å². The van der Waals surface area contributed by atoms with Gasteiger partial charge in [0.25, 0.3) is 0 Å². The average molecular weight is 399 g/mol. The Morgan fingerprint density at radius 2 is 1.75 bits per heavy atom. The molecule has 0 bridgehead atoms. The fourth-order valence-electron chi connectivity index (χ4n) is 4.42. The predicted octanol–water partition coefficient (Wildman–Crippen LogP) is 4.05. The third kappa shape index (κ3) is 4.26. The SMILES string of the molecule is CC(C)NC(=O)[C@@H]1C[C@@H](Sc2ccc(F)cc2)CN1C1Cc2ccccc2C1. The highest BCUT2D eigenvalue weighted by Gasteiger charge is 2.42. The molecule has 3 nitrogen and oxygen atoms in total. The van der Waals surface area contributed by atoms with Gasteiger partial charge in [0.15, 0.2) is 0 Å². The Morgan fingerprint density at radius 3 is 2.36 bits per heavy atom. The van der Waals surface area contributed by atoms with E-state index in [1.807, 2.05) is 26.0 Å². The van der Waals surface area contributed by atoms with Crippen LogP contribution in [0, 0.1) is 5.82 Å². The number of carbonyl (C=O) groups is 1. The average Bonchev–Trinajstić information content (AvgIpc) is 3.27. The van der Waals surface area contributed by atoms with Crippen molar-refractivity contribution in [2.75, 3.05) is 6.54 Å². The van der Waals surface area contributed by atoms with Crippen LogP contribution in [0.5, 0.6) is 0 Å². The van der Waals surface area contributed by atoms with Crippen LogP contribution in [0.1, 0.15) is 31.4 Å². The highest BCUT2D eigenvalue weighted by atomic mass is 32.2. The molecule has 0 unspecified atom stereocenters. The number of benzene rings is 2. The van der Waals surface area contributed by atoms with Crippen LogP contribution < -0.4 is 5.32 Å². The Balaban J connectivity index is 1.50. The van der Waals surface area contributed by atoms with E-state index in [0.717, 1.165) is 30.7 Å². The van der Waals surface area contributed by atoms with E-state index in [2.05, 4.69) is 34.5 Å². The summed E-state index contributed by atoms with van der Waals surface area (Å²) in [5.74, 6) is -0.0801. The van der Waals surface area contributed by atoms with Crippen LogP contribution in [0.4, 0.5) is 4.39 Å². The quantitative estimate of drug-likeness (QED) is 0.825.